The molecular formula is C19H37IN6O. The summed E-state index contributed by atoms with van der Waals surface area (Å²) in [5.74, 6) is 1.31. The van der Waals surface area contributed by atoms with E-state index in [0.717, 1.165) is 71.2 Å². The number of likely N-dealkylation sites (tertiary alicyclic amines) is 2. The van der Waals surface area contributed by atoms with Crippen LogP contribution in [0.4, 0.5) is 0 Å². The van der Waals surface area contributed by atoms with Gasteiger partial charge in [0.25, 0.3) is 0 Å². The maximum Gasteiger partial charge on any atom is 0.239 e. The second-order valence-corrected chi connectivity index (χ2v) is 7.75. The van der Waals surface area contributed by atoms with E-state index in [1.165, 1.54) is 25.9 Å². The standard InChI is InChI=1S/C19H36N6O.HI/c1-17(18(26)24-10-5-6-11-24)23-13-15-25(16-14-23)19(20-2)21-7-12-22-8-3-4-9-22;/h17H,3-16H2,1-2H3,(H,20,21);1H. The summed E-state index contributed by atoms with van der Waals surface area (Å²) in [6, 6.07) is 0.000362. The summed E-state index contributed by atoms with van der Waals surface area (Å²) < 4.78 is 0. The number of nitrogens with one attached hydrogen (secondary N) is 1. The van der Waals surface area contributed by atoms with Crippen molar-refractivity contribution in [3.63, 3.8) is 0 Å². The summed E-state index contributed by atoms with van der Waals surface area (Å²) in [4.78, 5) is 26.3. The molecule has 3 aliphatic heterocycles. The maximum atomic E-state index is 12.6. The predicted molar refractivity (Wildman–Crippen MR) is 121 cm³/mol. The molecule has 7 nitrogen and oxygen atoms in total. The topological polar surface area (TPSA) is 54.4 Å². The molecule has 1 N–H and O–H groups in total. The van der Waals surface area contributed by atoms with Crippen molar-refractivity contribution in [2.75, 3.05) is 72.5 Å². The van der Waals surface area contributed by atoms with Gasteiger partial charge in [0, 0.05) is 59.4 Å². The van der Waals surface area contributed by atoms with Crippen molar-refractivity contribution in [2.45, 2.75) is 38.6 Å². The van der Waals surface area contributed by atoms with Crippen LogP contribution >= 0.6 is 24.0 Å². The van der Waals surface area contributed by atoms with Gasteiger partial charge in [0.05, 0.1) is 6.04 Å². The molecule has 0 saturated carbocycles. The summed E-state index contributed by atoms with van der Waals surface area (Å²) in [6.45, 7) is 12.2. The van der Waals surface area contributed by atoms with E-state index >= 15 is 0 Å². The highest BCUT2D eigenvalue weighted by atomic mass is 127. The van der Waals surface area contributed by atoms with Gasteiger partial charge in [0.1, 0.15) is 0 Å². The third-order valence-electron chi connectivity index (χ3n) is 6.06. The number of halogens is 1. The van der Waals surface area contributed by atoms with Crippen LogP contribution in [0.5, 0.6) is 0 Å². The molecule has 0 aromatic carbocycles. The number of hydrogen-bond acceptors (Lipinski definition) is 4. The Bertz CT molecular complexity index is 483. The largest absolute Gasteiger partial charge is 0.355 e. The third kappa shape index (κ3) is 6.19. The molecule has 27 heavy (non-hydrogen) atoms. The van der Waals surface area contributed by atoms with E-state index in [4.69, 9.17) is 0 Å². The van der Waals surface area contributed by atoms with Gasteiger partial charge in [-0.05, 0) is 45.7 Å². The SMILES string of the molecule is CN=C(NCCN1CCCC1)N1CCN(C(C)C(=O)N2CCCC2)CC1.I. The Morgan fingerprint density at radius 2 is 1.52 bits per heavy atom. The third-order valence-corrected chi connectivity index (χ3v) is 6.06. The van der Waals surface area contributed by atoms with E-state index in [1.54, 1.807) is 0 Å². The van der Waals surface area contributed by atoms with Crippen molar-refractivity contribution in [1.82, 2.24) is 24.9 Å². The molecule has 3 fully saturated rings. The fourth-order valence-corrected chi connectivity index (χ4v) is 4.34. The van der Waals surface area contributed by atoms with Gasteiger partial charge in [-0.2, -0.15) is 0 Å². The minimum atomic E-state index is 0. The number of carbonyl (C=O) groups excluding carboxylic acids is 1. The predicted octanol–water partition coefficient (Wildman–Crippen LogP) is 0.904. The molecule has 0 radical (unpaired) electrons. The Morgan fingerprint density at radius 1 is 0.926 bits per heavy atom. The lowest BCUT2D eigenvalue weighted by atomic mass is 10.2. The number of carbonyl (C=O) groups is 1. The summed E-state index contributed by atoms with van der Waals surface area (Å²) in [7, 11) is 1.87. The Labute approximate surface area is 181 Å². The van der Waals surface area contributed by atoms with Crippen molar-refractivity contribution in [3.8, 4) is 0 Å². The monoisotopic (exact) mass is 492 g/mol. The smallest absolute Gasteiger partial charge is 0.239 e. The summed E-state index contributed by atoms with van der Waals surface area (Å²) in [5, 5.41) is 3.52. The molecule has 3 saturated heterocycles. The Hall–Kier alpha value is -0.610. The van der Waals surface area contributed by atoms with Crippen molar-refractivity contribution in [1.29, 1.82) is 0 Å². The van der Waals surface area contributed by atoms with Gasteiger partial charge in [-0.3, -0.25) is 14.7 Å². The Balaban J connectivity index is 0.00000261. The first-order valence-corrected chi connectivity index (χ1v) is 10.4. The lowest BCUT2D eigenvalue weighted by molar-refractivity contribution is -0.135. The minimum absolute atomic E-state index is 0. The molecule has 3 heterocycles. The first-order chi connectivity index (χ1) is 12.7. The van der Waals surface area contributed by atoms with E-state index in [9.17, 15) is 4.79 Å². The van der Waals surface area contributed by atoms with Crippen LogP contribution < -0.4 is 5.32 Å². The highest BCUT2D eigenvalue weighted by molar-refractivity contribution is 14.0. The number of aliphatic imine (C=N–C) groups is 1. The molecule has 0 aromatic rings. The molecule has 0 spiro atoms. The van der Waals surface area contributed by atoms with Gasteiger partial charge in [-0.15, -0.1) is 24.0 Å². The van der Waals surface area contributed by atoms with Crippen LogP contribution in [0.15, 0.2) is 4.99 Å². The van der Waals surface area contributed by atoms with Gasteiger partial charge >= 0.3 is 0 Å². The molecule has 3 aliphatic rings. The molecule has 156 valence electrons. The number of amides is 1. The number of piperazine rings is 1. The Morgan fingerprint density at radius 3 is 2.11 bits per heavy atom. The summed E-state index contributed by atoms with van der Waals surface area (Å²) >= 11 is 0. The molecule has 0 aliphatic carbocycles. The van der Waals surface area contributed by atoms with E-state index in [-0.39, 0.29) is 30.0 Å². The zero-order chi connectivity index (χ0) is 18.4. The number of rotatable bonds is 5. The van der Waals surface area contributed by atoms with Gasteiger partial charge in [0.2, 0.25) is 5.91 Å². The first kappa shape index (κ1) is 22.7. The van der Waals surface area contributed by atoms with Crippen LogP contribution in [0.3, 0.4) is 0 Å². The molecule has 1 amide bonds. The second-order valence-electron chi connectivity index (χ2n) is 7.75. The van der Waals surface area contributed by atoms with Crippen LogP contribution in [0.25, 0.3) is 0 Å². The van der Waals surface area contributed by atoms with E-state index in [1.807, 2.05) is 11.9 Å². The molecule has 1 atom stereocenters. The van der Waals surface area contributed by atoms with Crippen molar-refractivity contribution in [3.05, 3.63) is 0 Å². The maximum absolute atomic E-state index is 12.6. The average Bonchev–Trinajstić information content (AvgIpc) is 3.38. The van der Waals surface area contributed by atoms with E-state index in [2.05, 4.69) is 31.9 Å². The van der Waals surface area contributed by atoms with E-state index in [0.29, 0.717) is 5.91 Å². The second kappa shape index (κ2) is 11.4. The van der Waals surface area contributed by atoms with Gasteiger partial charge in [-0.25, -0.2) is 0 Å². The molecule has 8 heteroatoms. The normalized spacial score (nSPS) is 23.4. The Kier molecular flexibility index (Phi) is 9.58. The van der Waals surface area contributed by atoms with Crippen molar-refractivity contribution in [2.24, 2.45) is 4.99 Å². The lowest BCUT2D eigenvalue weighted by Gasteiger charge is -2.39. The van der Waals surface area contributed by atoms with Gasteiger partial charge in [-0.1, -0.05) is 0 Å². The zero-order valence-corrected chi connectivity index (χ0v) is 19.4. The van der Waals surface area contributed by atoms with Crippen LogP contribution in [0.1, 0.15) is 32.6 Å². The van der Waals surface area contributed by atoms with Crippen LogP contribution in [-0.4, -0.2) is 110 Å². The van der Waals surface area contributed by atoms with Gasteiger partial charge < -0.3 is 20.0 Å². The van der Waals surface area contributed by atoms with Crippen LogP contribution in [-0.2, 0) is 4.79 Å². The van der Waals surface area contributed by atoms with E-state index < -0.39 is 0 Å². The fraction of sp³-hybridized carbons (Fsp3) is 0.895. The summed E-state index contributed by atoms with van der Waals surface area (Å²) in [5.41, 5.74) is 0. The van der Waals surface area contributed by atoms with Crippen molar-refractivity contribution >= 4 is 35.8 Å². The summed E-state index contributed by atoms with van der Waals surface area (Å²) in [6.07, 6.45) is 4.99. The highest BCUT2D eigenvalue weighted by Crippen LogP contribution is 2.14. The zero-order valence-electron chi connectivity index (χ0n) is 17.0. The van der Waals surface area contributed by atoms with Gasteiger partial charge in [0.15, 0.2) is 5.96 Å². The minimum Gasteiger partial charge on any atom is -0.355 e. The molecule has 0 bridgehead atoms. The molecule has 0 aromatic heterocycles. The van der Waals surface area contributed by atoms with Crippen molar-refractivity contribution < 1.29 is 4.79 Å². The number of hydrogen-bond donors (Lipinski definition) is 1. The fourth-order valence-electron chi connectivity index (χ4n) is 4.34. The average molecular weight is 492 g/mol. The number of guanidine groups is 1. The first-order valence-electron chi connectivity index (χ1n) is 10.4. The highest BCUT2D eigenvalue weighted by Gasteiger charge is 2.30. The lowest BCUT2D eigenvalue weighted by Crippen LogP contribution is -2.57. The molecular weight excluding hydrogens is 455 g/mol. The van der Waals surface area contributed by atoms with Crippen LogP contribution in [0, 0.1) is 0 Å². The quantitative estimate of drug-likeness (QED) is 0.351. The van der Waals surface area contributed by atoms with Crippen LogP contribution in [0.2, 0.25) is 0 Å². The molecule has 3 rings (SSSR count). The molecule has 1 unspecified atom stereocenters. The number of nitrogens with zero attached hydrogens (tertiary/aromatic N) is 5.